The molecule has 0 aliphatic heterocycles. The van der Waals surface area contributed by atoms with Crippen molar-refractivity contribution >= 4 is 17.7 Å². The molecule has 0 spiro atoms. The summed E-state index contributed by atoms with van der Waals surface area (Å²) in [7, 11) is 1.44. The van der Waals surface area contributed by atoms with E-state index in [9.17, 15) is 18.4 Å². The number of urea groups is 1. The Morgan fingerprint density at radius 1 is 1.42 bits per heavy atom. The Morgan fingerprint density at radius 3 is 2.58 bits per heavy atom. The number of nitrogens with one attached hydrogen (secondary N) is 1. The van der Waals surface area contributed by atoms with Crippen LogP contribution in [0.3, 0.4) is 0 Å². The third-order valence-corrected chi connectivity index (χ3v) is 2.28. The first-order valence-electron chi connectivity index (χ1n) is 5.22. The first-order chi connectivity index (χ1) is 8.86. The Labute approximate surface area is 108 Å². The van der Waals surface area contributed by atoms with Crippen molar-refractivity contribution in [2.24, 2.45) is 0 Å². The number of likely N-dealkylation sites (N-methyl/N-ethyl adjacent to an activating group) is 1. The molecule has 1 aromatic carbocycles. The van der Waals surface area contributed by atoms with Crippen LogP contribution < -0.4 is 5.32 Å². The number of carbonyl (C=O) groups is 2. The van der Waals surface area contributed by atoms with Crippen LogP contribution in [-0.4, -0.2) is 35.6 Å². The summed E-state index contributed by atoms with van der Waals surface area (Å²) in [6.07, 6.45) is 1.46. The van der Waals surface area contributed by atoms with Crippen LogP contribution in [0, 0.1) is 11.6 Å². The zero-order valence-electron chi connectivity index (χ0n) is 10.1. The molecule has 2 N–H and O–H groups in total. The topological polar surface area (TPSA) is 69.6 Å². The van der Waals surface area contributed by atoms with E-state index in [4.69, 9.17) is 5.11 Å². The van der Waals surface area contributed by atoms with E-state index >= 15 is 0 Å². The second kappa shape index (κ2) is 5.94. The number of aromatic carboxylic acids is 1. The summed E-state index contributed by atoms with van der Waals surface area (Å²) in [5.74, 6) is -3.81. The van der Waals surface area contributed by atoms with Crippen molar-refractivity contribution in [1.29, 1.82) is 0 Å². The quantitative estimate of drug-likeness (QED) is 0.825. The summed E-state index contributed by atoms with van der Waals surface area (Å²) in [6.45, 7) is 3.66. The highest BCUT2D eigenvalue weighted by molar-refractivity contribution is 5.93. The number of anilines is 1. The molecule has 0 radical (unpaired) electrons. The molecule has 0 aliphatic carbocycles. The normalized spacial score (nSPS) is 9.84. The van der Waals surface area contributed by atoms with E-state index < -0.39 is 34.9 Å². The maximum absolute atomic E-state index is 13.4. The summed E-state index contributed by atoms with van der Waals surface area (Å²) in [4.78, 5) is 23.5. The summed E-state index contributed by atoms with van der Waals surface area (Å²) in [6, 6.07) is 0.473. The molecule has 5 nitrogen and oxygen atoms in total. The smallest absolute Gasteiger partial charge is 0.338 e. The van der Waals surface area contributed by atoms with Crippen molar-refractivity contribution in [2.75, 3.05) is 18.9 Å². The number of rotatable bonds is 4. The van der Waals surface area contributed by atoms with Crippen molar-refractivity contribution < 1.29 is 23.5 Å². The first kappa shape index (κ1) is 14.6. The van der Waals surface area contributed by atoms with Gasteiger partial charge in [0.25, 0.3) is 0 Å². The number of nitrogens with zero attached hydrogens (tertiary/aromatic N) is 1. The molecule has 0 saturated carbocycles. The number of carbonyl (C=O) groups excluding carboxylic acids is 1. The van der Waals surface area contributed by atoms with Crippen LogP contribution >= 0.6 is 0 Å². The highest BCUT2D eigenvalue weighted by atomic mass is 19.1. The predicted octanol–water partition coefficient (Wildman–Crippen LogP) is 2.31. The lowest BCUT2D eigenvalue weighted by Gasteiger charge is -2.16. The highest BCUT2D eigenvalue weighted by Crippen LogP contribution is 2.20. The van der Waals surface area contributed by atoms with Gasteiger partial charge in [0.2, 0.25) is 0 Å². The van der Waals surface area contributed by atoms with Crippen molar-refractivity contribution in [3.8, 4) is 0 Å². The molecule has 102 valence electrons. The van der Waals surface area contributed by atoms with E-state index in [-0.39, 0.29) is 6.54 Å². The standard InChI is InChI=1S/C12H12F2N2O3/c1-3-4-16(2)12(19)15-10-5-7(11(17)18)8(13)6-9(10)14/h3,5-6H,1,4H2,2H3,(H,15,19)(H,17,18). The van der Waals surface area contributed by atoms with Crippen LogP contribution in [0.25, 0.3) is 0 Å². The van der Waals surface area contributed by atoms with E-state index in [0.29, 0.717) is 6.07 Å². The summed E-state index contributed by atoms with van der Waals surface area (Å²) < 4.78 is 26.6. The minimum absolute atomic E-state index is 0.223. The average molecular weight is 270 g/mol. The van der Waals surface area contributed by atoms with Gasteiger partial charge in [0.15, 0.2) is 0 Å². The minimum atomic E-state index is -1.55. The monoisotopic (exact) mass is 270 g/mol. The maximum Gasteiger partial charge on any atom is 0.338 e. The molecule has 19 heavy (non-hydrogen) atoms. The number of carboxylic acids is 1. The van der Waals surface area contributed by atoms with Crippen LogP contribution in [0.2, 0.25) is 0 Å². The van der Waals surface area contributed by atoms with Gasteiger partial charge in [0, 0.05) is 19.7 Å². The van der Waals surface area contributed by atoms with Gasteiger partial charge in [0.05, 0.1) is 11.3 Å². The number of amides is 2. The van der Waals surface area contributed by atoms with E-state index in [1.165, 1.54) is 18.0 Å². The van der Waals surface area contributed by atoms with Gasteiger partial charge >= 0.3 is 12.0 Å². The number of benzene rings is 1. The van der Waals surface area contributed by atoms with Crippen molar-refractivity contribution in [1.82, 2.24) is 4.90 Å². The van der Waals surface area contributed by atoms with Crippen molar-refractivity contribution in [2.45, 2.75) is 0 Å². The zero-order valence-corrected chi connectivity index (χ0v) is 10.1. The molecule has 0 fully saturated rings. The third kappa shape index (κ3) is 3.51. The Morgan fingerprint density at radius 2 is 2.05 bits per heavy atom. The van der Waals surface area contributed by atoms with E-state index in [0.717, 1.165) is 6.07 Å². The molecular weight excluding hydrogens is 258 g/mol. The SMILES string of the molecule is C=CCN(C)C(=O)Nc1cc(C(=O)O)c(F)cc1F. The number of carboxylic acid groups (broad SMARTS) is 1. The molecule has 0 bridgehead atoms. The van der Waals surface area contributed by atoms with Crippen LogP contribution in [0.15, 0.2) is 24.8 Å². The van der Waals surface area contributed by atoms with E-state index in [1.54, 1.807) is 0 Å². The second-order valence-corrected chi connectivity index (χ2v) is 3.72. The van der Waals surface area contributed by atoms with Crippen LogP contribution in [0.5, 0.6) is 0 Å². The van der Waals surface area contributed by atoms with Gasteiger partial charge in [-0.25, -0.2) is 18.4 Å². The van der Waals surface area contributed by atoms with E-state index in [1.807, 2.05) is 0 Å². The molecule has 0 saturated heterocycles. The Balaban J connectivity index is 3.01. The van der Waals surface area contributed by atoms with E-state index in [2.05, 4.69) is 11.9 Å². The van der Waals surface area contributed by atoms with Gasteiger partial charge in [-0.1, -0.05) is 6.08 Å². The predicted molar refractivity (Wildman–Crippen MR) is 65.2 cm³/mol. The zero-order chi connectivity index (χ0) is 14.6. The third-order valence-electron chi connectivity index (χ3n) is 2.28. The Bertz CT molecular complexity index is 532. The van der Waals surface area contributed by atoms with Gasteiger partial charge in [-0.15, -0.1) is 6.58 Å². The molecule has 2 amide bonds. The van der Waals surface area contributed by atoms with Crippen LogP contribution in [0.1, 0.15) is 10.4 Å². The molecule has 7 heteroatoms. The molecular formula is C12H12F2N2O3. The molecule has 0 heterocycles. The lowest BCUT2D eigenvalue weighted by atomic mass is 10.2. The lowest BCUT2D eigenvalue weighted by molar-refractivity contribution is 0.0692. The highest BCUT2D eigenvalue weighted by Gasteiger charge is 2.17. The number of hydrogen-bond donors (Lipinski definition) is 2. The van der Waals surface area contributed by atoms with Crippen molar-refractivity contribution in [3.05, 3.63) is 42.0 Å². The van der Waals surface area contributed by atoms with Gasteiger partial charge in [-0.2, -0.15) is 0 Å². The van der Waals surface area contributed by atoms with Crippen LogP contribution in [0.4, 0.5) is 19.3 Å². The maximum atomic E-state index is 13.4. The van der Waals surface area contributed by atoms with Gasteiger partial charge in [-0.05, 0) is 6.07 Å². The molecule has 1 rings (SSSR count). The van der Waals surface area contributed by atoms with Gasteiger partial charge in [-0.3, -0.25) is 0 Å². The fraction of sp³-hybridized carbons (Fsp3) is 0.167. The summed E-state index contributed by atoms with van der Waals surface area (Å²) in [5.41, 5.74) is -1.12. The second-order valence-electron chi connectivity index (χ2n) is 3.72. The molecule has 0 unspecified atom stereocenters. The fourth-order valence-electron chi connectivity index (χ4n) is 1.30. The number of hydrogen-bond acceptors (Lipinski definition) is 2. The Kier molecular flexibility index (Phi) is 4.57. The lowest BCUT2D eigenvalue weighted by Crippen LogP contribution is -2.31. The largest absolute Gasteiger partial charge is 0.478 e. The molecule has 0 aromatic heterocycles. The number of halogens is 2. The first-order valence-corrected chi connectivity index (χ1v) is 5.22. The van der Waals surface area contributed by atoms with Crippen LogP contribution in [-0.2, 0) is 0 Å². The molecule has 1 aromatic rings. The summed E-state index contributed by atoms with van der Waals surface area (Å²) in [5, 5.41) is 10.9. The molecule has 0 aliphatic rings. The van der Waals surface area contributed by atoms with Gasteiger partial charge < -0.3 is 15.3 Å². The van der Waals surface area contributed by atoms with Gasteiger partial charge in [0.1, 0.15) is 11.6 Å². The fourth-order valence-corrected chi connectivity index (χ4v) is 1.30. The average Bonchev–Trinajstić information content (AvgIpc) is 2.32. The summed E-state index contributed by atoms with van der Waals surface area (Å²) >= 11 is 0. The minimum Gasteiger partial charge on any atom is -0.478 e. The molecule has 0 atom stereocenters. The van der Waals surface area contributed by atoms with Crippen molar-refractivity contribution in [3.63, 3.8) is 0 Å². The Hall–Kier alpha value is -2.44.